The van der Waals surface area contributed by atoms with Crippen molar-refractivity contribution in [3.8, 4) is 0 Å². The third-order valence-corrected chi connectivity index (χ3v) is 15.3. The Kier molecular flexibility index (Phi) is 20.6. The van der Waals surface area contributed by atoms with Crippen molar-refractivity contribution in [1.29, 1.82) is 0 Å². The number of esters is 7. The SMILES string of the molecule is C[Si](C)(C)CCO[C@@H]1O[C@H](CO[C@@H]2O[C@H](COC(=O)c3ccccc3)[C@@H](OC(=O)c3ccccc3)[C@H](OC(=O)c3ccccc3)[C@H]2OC(=O)c2ccccc2)[C@H](OC(=O)c2ccccc2)[C@H](OC(=O)c2ccccc2)[C@H]1OC(=O)c1ccccc1. The normalized spacial score (nSPS) is 21.9. The highest BCUT2D eigenvalue weighted by atomic mass is 28.3. The van der Waals surface area contributed by atoms with Crippen LogP contribution >= 0.6 is 0 Å². The third-order valence-electron chi connectivity index (χ3n) is 13.6. The van der Waals surface area contributed by atoms with Crippen LogP contribution in [-0.4, -0.2) is 131 Å². The van der Waals surface area contributed by atoms with E-state index in [0.717, 1.165) is 0 Å². The lowest BCUT2D eigenvalue weighted by atomic mass is 9.96. The van der Waals surface area contributed by atoms with Gasteiger partial charge in [-0.25, -0.2) is 33.6 Å². The van der Waals surface area contributed by atoms with E-state index in [1.54, 1.807) is 127 Å². The first-order valence-electron chi connectivity index (χ1n) is 27.5. The molecule has 0 aliphatic carbocycles. The van der Waals surface area contributed by atoms with Gasteiger partial charge in [-0.3, -0.25) is 0 Å². The largest absolute Gasteiger partial charge is 0.459 e. The summed E-state index contributed by atoms with van der Waals surface area (Å²) in [5.41, 5.74) is 0.643. The average Bonchev–Trinajstić information content (AvgIpc) is 2.54. The highest BCUT2D eigenvalue weighted by Crippen LogP contribution is 2.36. The maximum Gasteiger partial charge on any atom is 0.338 e. The molecule has 9 rings (SSSR count). The molecule has 2 heterocycles. The number of hydrogen-bond donors (Lipinski definition) is 0. The van der Waals surface area contributed by atoms with Gasteiger partial charge in [0.25, 0.3) is 0 Å². The fourth-order valence-corrected chi connectivity index (χ4v) is 9.91. The van der Waals surface area contributed by atoms with Gasteiger partial charge in [0, 0.05) is 14.7 Å². The van der Waals surface area contributed by atoms with Crippen LogP contribution in [0.5, 0.6) is 0 Å². The lowest BCUT2D eigenvalue weighted by Crippen LogP contribution is -2.65. The minimum absolute atomic E-state index is 0.0482. The molecular weight excluding hydrogens is 1110 g/mol. The summed E-state index contributed by atoms with van der Waals surface area (Å²) in [5.74, 6) is -6.29. The van der Waals surface area contributed by atoms with E-state index in [-0.39, 0.29) is 45.6 Å². The molecular formula is C66H62O18Si. The Morgan fingerprint density at radius 3 is 0.859 bits per heavy atom. The molecule has 19 heteroatoms. The second kappa shape index (κ2) is 28.9. The van der Waals surface area contributed by atoms with E-state index in [0.29, 0.717) is 6.04 Å². The first-order valence-corrected chi connectivity index (χ1v) is 31.2. The molecule has 2 aliphatic rings. The van der Waals surface area contributed by atoms with Gasteiger partial charge in [0.05, 0.1) is 45.6 Å². The van der Waals surface area contributed by atoms with Crippen LogP contribution in [0.3, 0.4) is 0 Å². The van der Waals surface area contributed by atoms with Gasteiger partial charge in [0.2, 0.25) is 0 Å². The summed E-state index contributed by atoms with van der Waals surface area (Å²) < 4.78 is 70.2. The molecule has 438 valence electrons. The summed E-state index contributed by atoms with van der Waals surface area (Å²) in [6.07, 6.45) is -17.0. The monoisotopic (exact) mass is 1170 g/mol. The van der Waals surface area contributed by atoms with E-state index in [9.17, 15) is 33.6 Å². The Hall–Kier alpha value is -9.11. The fourth-order valence-electron chi connectivity index (χ4n) is 9.18. The minimum atomic E-state index is -1.87. The molecule has 0 spiro atoms. The quantitative estimate of drug-likeness (QED) is 0.0350. The lowest BCUT2D eigenvalue weighted by Gasteiger charge is -2.46. The predicted molar refractivity (Wildman–Crippen MR) is 308 cm³/mol. The Bertz CT molecular complexity index is 3340. The molecule has 0 aromatic heterocycles. The van der Waals surface area contributed by atoms with Crippen molar-refractivity contribution in [2.24, 2.45) is 0 Å². The van der Waals surface area contributed by atoms with E-state index in [2.05, 4.69) is 19.6 Å². The molecule has 0 bridgehead atoms. The van der Waals surface area contributed by atoms with Crippen LogP contribution in [0, 0.1) is 0 Å². The molecule has 18 nitrogen and oxygen atoms in total. The first-order chi connectivity index (χ1) is 41.2. The summed E-state index contributed by atoms with van der Waals surface area (Å²) in [5, 5.41) is 0. The van der Waals surface area contributed by atoms with Crippen molar-refractivity contribution in [2.75, 3.05) is 19.8 Å². The number of carbonyl (C=O) groups is 7. The molecule has 7 aromatic rings. The van der Waals surface area contributed by atoms with Crippen LogP contribution in [0.2, 0.25) is 25.7 Å². The zero-order chi connectivity index (χ0) is 59.7. The van der Waals surface area contributed by atoms with Crippen molar-refractivity contribution < 1.29 is 85.7 Å². The van der Waals surface area contributed by atoms with Crippen molar-refractivity contribution in [1.82, 2.24) is 0 Å². The van der Waals surface area contributed by atoms with Gasteiger partial charge in [-0.1, -0.05) is 147 Å². The number of benzene rings is 7. The van der Waals surface area contributed by atoms with Gasteiger partial charge in [-0.2, -0.15) is 0 Å². The van der Waals surface area contributed by atoms with Crippen LogP contribution in [0.15, 0.2) is 212 Å². The summed E-state index contributed by atoms with van der Waals surface area (Å²) >= 11 is 0. The summed E-state index contributed by atoms with van der Waals surface area (Å²) in [4.78, 5) is 99.9. The van der Waals surface area contributed by atoms with Gasteiger partial charge in [0.1, 0.15) is 18.8 Å². The van der Waals surface area contributed by atoms with E-state index in [1.807, 2.05) is 0 Å². The molecule has 7 aromatic carbocycles. The minimum Gasteiger partial charge on any atom is -0.459 e. The van der Waals surface area contributed by atoms with Crippen LogP contribution in [0.25, 0.3) is 0 Å². The third kappa shape index (κ3) is 16.4. The molecule has 0 N–H and O–H groups in total. The van der Waals surface area contributed by atoms with Crippen molar-refractivity contribution >= 4 is 49.9 Å². The molecule has 0 unspecified atom stereocenters. The zero-order valence-corrected chi connectivity index (χ0v) is 47.7. The predicted octanol–water partition coefficient (Wildman–Crippen LogP) is 10.0. The molecule has 85 heavy (non-hydrogen) atoms. The van der Waals surface area contributed by atoms with Crippen molar-refractivity contribution in [3.05, 3.63) is 251 Å². The molecule has 0 amide bonds. The molecule has 10 atom stereocenters. The van der Waals surface area contributed by atoms with Crippen LogP contribution in [0.4, 0.5) is 0 Å². The number of rotatable bonds is 22. The van der Waals surface area contributed by atoms with Gasteiger partial charge in [-0.15, -0.1) is 0 Å². The number of ether oxygens (including phenoxy) is 11. The lowest BCUT2D eigenvalue weighted by molar-refractivity contribution is -0.327. The first kappa shape index (κ1) is 60.5. The molecule has 2 aliphatic heterocycles. The second-order valence-corrected chi connectivity index (χ2v) is 26.6. The maximum atomic E-state index is 14.4. The summed E-state index contributed by atoms with van der Waals surface area (Å²) in [6.45, 7) is 5.08. The van der Waals surface area contributed by atoms with Crippen molar-refractivity contribution in [2.45, 2.75) is 87.1 Å². The Morgan fingerprint density at radius 1 is 0.318 bits per heavy atom. The van der Waals surface area contributed by atoms with Gasteiger partial charge >= 0.3 is 41.8 Å². The highest BCUT2D eigenvalue weighted by Gasteiger charge is 2.57. The smallest absolute Gasteiger partial charge is 0.338 e. The maximum absolute atomic E-state index is 14.4. The Morgan fingerprint density at radius 2 is 0.565 bits per heavy atom. The number of carbonyl (C=O) groups excluding carboxylic acids is 7. The fraction of sp³-hybridized carbons (Fsp3) is 0.258. The Labute approximate surface area is 491 Å². The highest BCUT2D eigenvalue weighted by molar-refractivity contribution is 6.76. The molecule has 0 radical (unpaired) electrons. The van der Waals surface area contributed by atoms with Crippen LogP contribution in [0.1, 0.15) is 72.5 Å². The topological polar surface area (TPSA) is 221 Å². The molecule has 2 saturated heterocycles. The molecule has 0 saturated carbocycles. The summed E-state index contributed by atoms with van der Waals surface area (Å²) in [7, 11) is -1.85. The van der Waals surface area contributed by atoms with Crippen LogP contribution < -0.4 is 0 Å². The van der Waals surface area contributed by atoms with E-state index in [4.69, 9.17) is 52.1 Å². The van der Waals surface area contributed by atoms with E-state index >= 15 is 0 Å². The van der Waals surface area contributed by atoms with Crippen molar-refractivity contribution in [3.63, 3.8) is 0 Å². The van der Waals surface area contributed by atoms with Crippen LogP contribution in [-0.2, 0) is 52.1 Å². The summed E-state index contributed by atoms with van der Waals surface area (Å²) in [6, 6.07) is 56.1. The van der Waals surface area contributed by atoms with Gasteiger partial charge in [-0.05, 0) is 91.0 Å². The average molecular weight is 1170 g/mol. The number of hydrogen-bond acceptors (Lipinski definition) is 18. The van der Waals surface area contributed by atoms with Gasteiger partial charge < -0.3 is 52.1 Å². The standard InChI is InChI=1S/C66H62O18Si/c1-85(2,3)40-39-74-65-56(83-63(72)48-35-21-9-22-36-48)54(81-61(70)46-31-17-7-18-32-46)53(80-60(69)45-29-15-6-16-30-45)51(77-65)42-76-66-57(84-64(73)49-37-23-10-24-38-49)55(82-62(71)47-33-19-8-20-34-47)52(79-59(68)44-27-13-5-14-28-44)50(78-66)41-75-58(67)43-25-11-4-12-26-43/h4-38,50-57,65-66H,39-42H2,1-3H3/t50-,51-,52-,53+,54+,55+,56-,57-,65-,66-/m1/s1. The van der Waals surface area contributed by atoms with E-state index < -0.39 is 124 Å². The second-order valence-electron chi connectivity index (χ2n) is 21.0. The molecule has 2 fully saturated rings. The van der Waals surface area contributed by atoms with E-state index in [1.165, 1.54) is 84.9 Å². The Balaban J connectivity index is 1.15. The van der Waals surface area contributed by atoms with Gasteiger partial charge in [0.15, 0.2) is 49.2 Å². The zero-order valence-electron chi connectivity index (χ0n) is 46.7.